The predicted octanol–water partition coefficient (Wildman–Crippen LogP) is 1.41. The first kappa shape index (κ1) is 12.3. The van der Waals surface area contributed by atoms with E-state index < -0.39 is 0 Å². The Morgan fingerprint density at radius 3 is 3.15 bits per heavy atom. The number of hydrazone groups is 1. The molecule has 100 valence electrons. The molecule has 0 saturated heterocycles. The summed E-state index contributed by atoms with van der Waals surface area (Å²) in [6.07, 6.45) is 2.98. The third-order valence-electron chi connectivity index (χ3n) is 2.56. The molecular formula is C12H10N6OS. The van der Waals surface area contributed by atoms with E-state index in [1.165, 1.54) is 17.7 Å². The van der Waals surface area contributed by atoms with E-state index in [0.29, 0.717) is 21.9 Å². The maximum atomic E-state index is 11.7. The van der Waals surface area contributed by atoms with Gasteiger partial charge in [-0.05, 0) is 17.7 Å². The number of aromatic nitrogens is 3. The number of thiazole rings is 1. The molecule has 0 aliphatic heterocycles. The van der Waals surface area contributed by atoms with E-state index in [2.05, 4.69) is 25.5 Å². The Hall–Kier alpha value is -2.74. The van der Waals surface area contributed by atoms with Crippen LogP contribution in [0.5, 0.6) is 0 Å². The topological polar surface area (TPSA) is 109 Å². The molecule has 0 fully saturated rings. The third-order valence-corrected chi connectivity index (χ3v) is 3.33. The lowest BCUT2D eigenvalue weighted by atomic mass is 10.1. The highest BCUT2D eigenvalue weighted by Crippen LogP contribution is 2.16. The zero-order valence-corrected chi connectivity index (χ0v) is 11.0. The number of nitrogens with one attached hydrogen (secondary N) is 2. The number of aromatic amines is 1. The molecule has 8 heteroatoms. The number of nitrogen functional groups attached to an aromatic ring is 1. The van der Waals surface area contributed by atoms with Gasteiger partial charge in [0.15, 0.2) is 0 Å². The zero-order valence-electron chi connectivity index (χ0n) is 10.2. The van der Waals surface area contributed by atoms with Crippen LogP contribution in [0.3, 0.4) is 0 Å². The first-order chi connectivity index (χ1) is 9.72. The third kappa shape index (κ3) is 2.50. The zero-order chi connectivity index (χ0) is 13.9. The smallest absolute Gasteiger partial charge is 0.258 e. The molecule has 2 aromatic heterocycles. The summed E-state index contributed by atoms with van der Waals surface area (Å²) in [5.41, 5.74) is 9.53. The second kappa shape index (κ2) is 5.10. The van der Waals surface area contributed by atoms with Crippen molar-refractivity contribution >= 4 is 39.4 Å². The Bertz CT molecular complexity index is 837. The van der Waals surface area contributed by atoms with Gasteiger partial charge in [0, 0.05) is 5.38 Å². The second-order valence-electron chi connectivity index (χ2n) is 3.96. The van der Waals surface area contributed by atoms with Crippen molar-refractivity contribution in [1.82, 2.24) is 15.0 Å². The average molecular weight is 286 g/mol. The number of nitrogens with two attached hydrogens (primary N) is 1. The van der Waals surface area contributed by atoms with Crippen molar-refractivity contribution in [3.05, 3.63) is 45.8 Å². The van der Waals surface area contributed by atoms with Crippen molar-refractivity contribution in [2.45, 2.75) is 0 Å². The molecule has 4 N–H and O–H groups in total. The fraction of sp³-hybridized carbons (Fsp3) is 0. The highest BCUT2D eigenvalue weighted by Gasteiger charge is 2.00. The van der Waals surface area contributed by atoms with Gasteiger partial charge in [0.25, 0.3) is 5.56 Å². The van der Waals surface area contributed by atoms with Crippen LogP contribution in [-0.4, -0.2) is 21.2 Å². The molecule has 1 aromatic carbocycles. The van der Waals surface area contributed by atoms with E-state index in [1.54, 1.807) is 23.7 Å². The summed E-state index contributed by atoms with van der Waals surface area (Å²) in [6, 6.07) is 5.33. The molecule has 7 nitrogen and oxygen atoms in total. The maximum absolute atomic E-state index is 11.7. The number of H-pyrrole nitrogens is 1. The minimum absolute atomic E-state index is 0.175. The molecule has 0 aliphatic carbocycles. The Kier molecular flexibility index (Phi) is 3.13. The van der Waals surface area contributed by atoms with Gasteiger partial charge in [-0.1, -0.05) is 6.07 Å². The van der Waals surface area contributed by atoms with Gasteiger partial charge in [0.05, 0.1) is 23.4 Å². The van der Waals surface area contributed by atoms with Gasteiger partial charge in [0.1, 0.15) is 5.82 Å². The minimum Gasteiger partial charge on any atom is -0.383 e. The van der Waals surface area contributed by atoms with E-state index in [0.717, 1.165) is 5.56 Å². The van der Waals surface area contributed by atoms with Crippen LogP contribution in [0.2, 0.25) is 0 Å². The quantitative estimate of drug-likeness (QED) is 0.498. The van der Waals surface area contributed by atoms with E-state index in [-0.39, 0.29) is 5.56 Å². The highest BCUT2D eigenvalue weighted by molar-refractivity contribution is 7.14. The van der Waals surface area contributed by atoms with Gasteiger partial charge >= 0.3 is 0 Å². The largest absolute Gasteiger partial charge is 0.383 e. The molecule has 0 radical (unpaired) electrons. The summed E-state index contributed by atoms with van der Waals surface area (Å²) in [5, 5.41) is 6.90. The van der Waals surface area contributed by atoms with Crippen molar-refractivity contribution in [2.75, 3.05) is 11.2 Å². The van der Waals surface area contributed by atoms with Crippen LogP contribution in [0.4, 0.5) is 10.9 Å². The van der Waals surface area contributed by atoms with Crippen LogP contribution < -0.4 is 16.7 Å². The number of nitrogens with zero attached hydrogens (tertiary/aromatic N) is 3. The molecule has 0 amide bonds. The first-order valence-corrected chi connectivity index (χ1v) is 6.58. The van der Waals surface area contributed by atoms with Crippen LogP contribution in [0.15, 0.2) is 39.8 Å². The second-order valence-corrected chi connectivity index (χ2v) is 4.81. The molecule has 20 heavy (non-hydrogen) atoms. The molecular weight excluding hydrogens is 276 g/mol. The predicted molar refractivity (Wildman–Crippen MR) is 80.1 cm³/mol. The first-order valence-electron chi connectivity index (χ1n) is 5.70. The van der Waals surface area contributed by atoms with E-state index >= 15 is 0 Å². The van der Waals surface area contributed by atoms with Gasteiger partial charge in [-0.25, -0.2) is 9.97 Å². The molecule has 0 spiro atoms. The van der Waals surface area contributed by atoms with Crippen molar-refractivity contribution in [3.63, 3.8) is 0 Å². The summed E-state index contributed by atoms with van der Waals surface area (Å²) >= 11 is 1.36. The summed E-state index contributed by atoms with van der Waals surface area (Å²) in [6.45, 7) is 0. The molecule has 3 aromatic rings. The molecule has 0 unspecified atom stereocenters. The van der Waals surface area contributed by atoms with Crippen LogP contribution in [0, 0.1) is 0 Å². The highest BCUT2D eigenvalue weighted by atomic mass is 32.1. The standard InChI is InChI=1S/C12H10N6OS/c13-10-5-20-12(17-10)18-16-4-7-1-2-9-8(3-7)11(19)15-6-14-9/h1-6H,13H2,(H,17,18)(H,14,15,19). The normalized spacial score (nSPS) is 11.2. The van der Waals surface area contributed by atoms with Crippen LogP contribution in [-0.2, 0) is 0 Å². The molecule has 3 rings (SSSR count). The lowest BCUT2D eigenvalue weighted by Crippen LogP contribution is -2.06. The Labute approximate surface area is 117 Å². The van der Waals surface area contributed by atoms with Crippen molar-refractivity contribution in [3.8, 4) is 0 Å². The van der Waals surface area contributed by atoms with E-state index in [1.807, 2.05) is 6.07 Å². The van der Waals surface area contributed by atoms with Gasteiger partial charge in [-0.3, -0.25) is 10.2 Å². The van der Waals surface area contributed by atoms with E-state index in [4.69, 9.17) is 5.73 Å². The van der Waals surface area contributed by atoms with E-state index in [9.17, 15) is 4.79 Å². The van der Waals surface area contributed by atoms with Gasteiger partial charge in [-0.2, -0.15) is 5.10 Å². The number of benzene rings is 1. The van der Waals surface area contributed by atoms with Gasteiger partial charge < -0.3 is 10.7 Å². The summed E-state index contributed by atoms with van der Waals surface area (Å²) in [4.78, 5) is 22.3. The van der Waals surface area contributed by atoms with Crippen LogP contribution in [0.1, 0.15) is 5.56 Å². The van der Waals surface area contributed by atoms with Crippen molar-refractivity contribution < 1.29 is 0 Å². The summed E-state index contributed by atoms with van der Waals surface area (Å²) in [5.74, 6) is 0.455. The van der Waals surface area contributed by atoms with Crippen molar-refractivity contribution in [1.29, 1.82) is 0 Å². The SMILES string of the molecule is Nc1csc(NN=Cc2ccc3nc[nH]c(=O)c3c2)n1. The van der Waals surface area contributed by atoms with Gasteiger partial charge in [0.2, 0.25) is 5.13 Å². The number of rotatable bonds is 3. The number of anilines is 2. The fourth-order valence-corrected chi connectivity index (χ4v) is 2.21. The Balaban J connectivity index is 1.84. The summed E-state index contributed by atoms with van der Waals surface area (Å²) in [7, 11) is 0. The van der Waals surface area contributed by atoms with Gasteiger partial charge in [-0.15, -0.1) is 11.3 Å². The molecule has 0 bridgehead atoms. The Morgan fingerprint density at radius 1 is 1.45 bits per heavy atom. The fourth-order valence-electron chi connectivity index (χ4n) is 1.67. The molecule has 0 aliphatic rings. The number of hydrogen-bond donors (Lipinski definition) is 3. The average Bonchev–Trinajstić information content (AvgIpc) is 2.85. The Morgan fingerprint density at radius 2 is 2.35 bits per heavy atom. The number of hydrogen-bond acceptors (Lipinski definition) is 7. The van der Waals surface area contributed by atoms with Crippen LogP contribution in [0.25, 0.3) is 10.9 Å². The lowest BCUT2D eigenvalue weighted by Gasteiger charge is -1.97. The lowest BCUT2D eigenvalue weighted by molar-refractivity contribution is 1.17. The monoisotopic (exact) mass is 286 g/mol. The van der Waals surface area contributed by atoms with Crippen LogP contribution >= 0.6 is 11.3 Å². The molecule has 2 heterocycles. The number of fused-ring (bicyclic) bond motifs is 1. The molecule has 0 saturated carbocycles. The molecule has 0 atom stereocenters. The van der Waals surface area contributed by atoms with Crippen molar-refractivity contribution in [2.24, 2.45) is 5.10 Å². The summed E-state index contributed by atoms with van der Waals surface area (Å²) < 4.78 is 0. The maximum Gasteiger partial charge on any atom is 0.258 e. The minimum atomic E-state index is -0.175.